The Morgan fingerprint density at radius 1 is 1.00 bits per heavy atom. The van der Waals surface area contributed by atoms with Crippen molar-refractivity contribution in [3.05, 3.63) is 40.8 Å². The zero-order valence-corrected chi connectivity index (χ0v) is 17.5. The number of rotatable bonds is 5. The van der Waals surface area contributed by atoms with Gasteiger partial charge < -0.3 is 17.7 Å². The molecular weight excluding hydrogens is 463 g/mol. The third kappa shape index (κ3) is 2.69. The molecule has 7 heteroatoms. The van der Waals surface area contributed by atoms with E-state index in [1.54, 1.807) is 32.7 Å². The van der Waals surface area contributed by atoms with Crippen molar-refractivity contribution in [2.24, 2.45) is 0 Å². The van der Waals surface area contributed by atoms with E-state index in [9.17, 15) is 0 Å². The number of benzene rings is 2. The van der Waals surface area contributed by atoms with Crippen molar-refractivity contribution in [3.8, 4) is 39.6 Å². The predicted molar refractivity (Wildman–Crippen MR) is 113 cm³/mol. The molecule has 0 saturated heterocycles. The van der Waals surface area contributed by atoms with E-state index >= 15 is 0 Å². The second kappa shape index (κ2) is 6.96. The van der Waals surface area contributed by atoms with Gasteiger partial charge in [0.1, 0.15) is 0 Å². The van der Waals surface area contributed by atoms with E-state index < -0.39 is 0 Å². The quantitative estimate of drug-likeness (QED) is 0.316. The molecule has 134 valence electrons. The second-order valence-electron chi connectivity index (χ2n) is 5.82. The molecule has 4 rings (SSSR count). The highest BCUT2D eigenvalue weighted by atomic mass is 127. The maximum Gasteiger partial charge on any atom is 0.203 e. The van der Waals surface area contributed by atoms with Gasteiger partial charge in [-0.15, -0.1) is 11.3 Å². The first-order chi connectivity index (χ1) is 12.7. The maximum atomic E-state index is 5.64. The van der Waals surface area contributed by atoms with E-state index in [0.717, 1.165) is 28.4 Å². The topological polar surface area (TPSA) is 52.6 Å². The summed E-state index contributed by atoms with van der Waals surface area (Å²) in [6, 6.07) is 10.4. The van der Waals surface area contributed by atoms with E-state index in [1.807, 2.05) is 12.1 Å². The molecule has 26 heavy (non-hydrogen) atoms. The number of hydrogen-bond acceptors (Lipinski definition) is 6. The van der Waals surface area contributed by atoms with E-state index in [1.165, 1.54) is 16.0 Å². The lowest BCUT2D eigenvalue weighted by Gasteiger charge is -2.16. The van der Waals surface area contributed by atoms with E-state index in [-0.39, 0.29) is 0 Å². The Labute approximate surface area is 169 Å². The van der Waals surface area contributed by atoms with Gasteiger partial charge in [-0.2, -0.15) is 0 Å². The number of aromatic nitrogens is 1. The number of nitrogens with zero attached hydrogens (tertiary/aromatic N) is 1. The summed E-state index contributed by atoms with van der Waals surface area (Å²) in [5.41, 5.74) is 5.65. The molecule has 0 spiro atoms. The minimum Gasteiger partial charge on any atom is -0.493 e. The number of fused-ring (bicyclic) bond motifs is 3. The van der Waals surface area contributed by atoms with Gasteiger partial charge >= 0.3 is 0 Å². The summed E-state index contributed by atoms with van der Waals surface area (Å²) in [6.45, 7) is 0. The van der Waals surface area contributed by atoms with Crippen molar-refractivity contribution in [1.82, 2.24) is 4.98 Å². The highest BCUT2D eigenvalue weighted by molar-refractivity contribution is 14.1. The molecule has 1 N–H and O–H groups in total. The van der Waals surface area contributed by atoms with Crippen LogP contribution in [0.3, 0.4) is 0 Å². The molecule has 0 radical (unpaired) electrons. The lowest BCUT2D eigenvalue weighted by atomic mass is 9.98. The summed E-state index contributed by atoms with van der Waals surface area (Å²) in [5.74, 6) is 1.93. The van der Waals surface area contributed by atoms with Crippen molar-refractivity contribution >= 4 is 39.3 Å². The van der Waals surface area contributed by atoms with Crippen molar-refractivity contribution in [2.75, 3.05) is 24.9 Å². The molecule has 0 amide bonds. The lowest BCUT2D eigenvalue weighted by Crippen LogP contribution is -1.97. The van der Waals surface area contributed by atoms with Gasteiger partial charge in [0.2, 0.25) is 5.75 Å². The van der Waals surface area contributed by atoms with Crippen LogP contribution in [0.5, 0.6) is 17.2 Å². The highest BCUT2D eigenvalue weighted by Gasteiger charge is 2.25. The molecule has 0 fully saturated rings. The van der Waals surface area contributed by atoms with Crippen molar-refractivity contribution < 1.29 is 14.2 Å². The summed E-state index contributed by atoms with van der Waals surface area (Å²) in [7, 11) is 4.89. The molecule has 1 aliphatic rings. The molecule has 1 aliphatic carbocycles. The van der Waals surface area contributed by atoms with Crippen LogP contribution >= 0.6 is 34.2 Å². The van der Waals surface area contributed by atoms with Gasteiger partial charge in [0, 0.05) is 22.4 Å². The van der Waals surface area contributed by atoms with Gasteiger partial charge in [-0.1, -0.05) is 12.1 Å². The normalized spacial score (nSPS) is 11.7. The molecule has 2 aromatic carbocycles. The van der Waals surface area contributed by atoms with Crippen LogP contribution in [-0.2, 0) is 6.42 Å². The monoisotopic (exact) mass is 480 g/mol. The minimum absolute atomic E-state index is 0.603. The molecule has 0 aliphatic heterocycles. The Balaban J connectivity index is 1.80. The van der Waals surface area contributed by atoms with Crippen LogP contribution in [0, 0.1) is 0 Å². The third-order valence-corrected chi connectivity index (χ3v) is 6.35. The SMILES string of the molecule is COc1ccc(-c2ccc3c(c2)Cc2sc(NI)nc2-3)c(OC)c1OC. The fraction of sp³-hybridized carbons (Fsp3) is 0.211. The summed E-state index contributed by atoms with van der Waals surface area (Å²) in [5, 5.41) is 0.951. The fourth-order valence-electron chi connectivity index (χ4n) is 3.36. The first kappa shape index (κ1) is 17.4. The first-order valence-corrected chi connectivity index (χ1v) is 9.88. The van der Waals surface area contributed by atoms with Gasteiger partial charge in [-0.3, -0.25) is 0 Å². The average Bonchev–Trinajstić information content (AvgIpc) is 3.23. The number of methoxy groups -OCH3 is 3. The predicted octanol–water partition coefficient (Wildman–Crippen LogP) is 5.17. The molecule has 0 saturated carbocycles. The molecule has 1 aromatic heterocycles. The molecule has 5 nitrogen and oxygen atoms in total. The van der Waals surface area contributed by atoms with Crippen LogP contribution in [0.1, 0.15) is 10.4 Å². The zero-order valence-electron chi connectivity index (χ0n) is 14.6. The summed E-state index contributed by atoms with van der Waals surface area (Å²) >= 11 is 3.83. The smallest absolute Gasteiger partial charge is 0.203 e. The number of ether oxygens (including phenoxy) is 3. The Kier molecular flexibility index (Phi) is 4.66. The number of hydrogen-bond donors (Lipinski definition) is 1. The first-order valence-electron chi connectivity index (χ1n) is 7.99. The zero-order chi connectivity index (χ0) is 18.3. The van der Waals surface area contributed by atoms with Crippen LogP contribution in [-0.4, -0.2) is 26.3 Å². The van der Waals surface area contributed by atoms with Crippen LogP contribution < -0.4 is 17.7 Å². The van der Waals surface area contributed by atoms with Crippen LogP contribution in [0.25, 0.3) is 22.4 Å². The maximum absolute atomic E-state index is 5.64. The van der Waals surface area contributed by atoms with Crippen molar-refractivity contribution in [1.29, 1.82) is 0 Å². The summed E-state index contributed by atoms with van der Waals surface area (Å²) in [6.07, 6.45) is 0.907. The number of thiazole rings is 1. The molecule has 0 bridgehead atoms. The molecule has 3 aromatic rings. The van der Waals surface area contributed by atoms with Gasteiger partial charge in [-0.25, -0.2) is 4.98 Å². The number of anilines is 1. The molecule has 0 atom stereocenters. The Hall–Kier alpha value is -2.00. The Bertz CT molecular complexity index is 987. The summed E-state index contributed by atoms with van der Waals surface area (Å²) < 4.78 is 19.6. The standard InChI is InChI=1S/C19H17IN2O3S/c1-23-14-7-6-13(17(24-2)18(14)25-3)10-4-5-12-11(8-10)9-15-16(12)21-19(22-20)26-15/h4-8H,9H2,1-3H3,(H,21,22). The van der Waals surface area contributed by atoms with Crippen LogP contribution in [0.15, 0.2) is 30.3 Å². The van der Waals surface area contributed by atoms with Crippen LogP contribution in [0.2, 0.25) is 0 Å². The van der Waals surface area contributed by atoms with Gasteiger partial charge in [0.25, 0.3) is 0 Å². The second-order valence-corrected chi connectivity index (χ2v) is 7.44. The van der Waals surface area contributed by atoms with Gasteiger partial charge in [0.05, 0.1) is 49.9 Å². The van der Waals surface area contributed by atoms with E-state index in [0.29, 0.717) is 17.2 Å². The average molecular weight is 480 g/mol. The minimum atomic E-state index is 0.603. The van der Waals surface area contributed by atoms with Gasteiger partial charge in [0.15, 0.2) is 16.6 Å². The van der Waals surface area contributed by atoms with E-state index in [4.69, 9.17) is 14.2 Å². The van der Waals surface area contributed by atoms with Gasteiger partial charge in [-0.05, 0) is 29.3 Å². The Morgan fingerprint density at radius 3 is 2.46 bits per heavy atom. The van der Waals surface area contributed by atoms with Crippen LogP contribution in [0.4, 0.5) is 5.13 Å². The Morgan fingerprint density at radius 2 is 1.77 bits per heavy atom. The number of nitrogens with one attached hydrogen (secondary N) is 1. The van der Waals surface area contributed by atoms with Crippen molar-refractivity contribution in [3.63, 3.8) is 0 Å². The third-order valence-electron chi connectivity index (χ3n) is 4.50. The van der Waals surface area contributed by atoms with E-state index in [2.05, 4.69) is 49.6 Å². The molecule has 0 unspecified atom stereocenters. The summed E-state index contributed by atoms with van der Waals surface area (Å²) in [4.78, 5) is 5.98. The lowest BCUT2D eigenvalue weighted by molar-refractivity contribution is 0.325. The molecule has 1 heterocycles. The highest BCUT2D eigenvalue weighted by Crippen LogP contribution is 2.47. The fourth-order valence-corrected chi connectivity index (χ4v) is 4.70. The largest absolute Gasteiger partial charge is 0.493 e. The van der Waals surface area contributed by atoms with Crippen molar-refractivity contribution in [2.45, 2.75) is 6.42 Å². The number of halogens is 1. The molecular formula is C19H17IN2O3S.